The van der Waals surface area contributed by atoms with Gasteiger partial charge in [0.05, 0.1) is 25.0 Å². The van der Waals surface area contributed by atoms with Crippen LogP contribution in [-0.4, -0.2) is 75.5 Å². The van der Waals surface area contributed by atoms with Crippen molar-refractivity contribution in [2.24, 2.45) is 0 Å². The van der Waals surface area contributed by atoms with Gasteiger partial charge in [-0.05, 0) is 43.7 Å². The Kier molecular flexibility index (Phi) is 8.41. The summed E-state index contributed by atoms with van der Waals surface area (Å²) in [5, 5.41) is 6.89. The van der Waals surface area contributed by atoms with Gasteiger partial charge in [0.15, 0.2) is 11.3 Å². The van der Waals surface area contributed by atoms with E-state index in [1.165, 1.54) is 27.2 Å². The van der Waals surface area contributed by atoms with E-state index in [9.17, 15) is 22.8 Å². The van der Waals surface area contributed by atoms with Crippen LogP contribution in [0.2, 0.25) is 0 Å². The minimum absolute atomic E-state index is 0.00147. The first-order chi connectivity index (χ1) is 20.5. The summed E-state index contributed by atoms with van der Waals surface area (Å²) in [5.41, 5.74) is 0.368. The van der Waals surface area contributed by atoms with Crippen LogP contribution in [0, 0.1) is 6.92 Å². The summed E-state index contributed by atoms with van der Waals surface area (Å²) < 4.78 is 49.0. The molecule has 226 valence electrons. The van der Waals surface area contributed by atoms with Crippen LogP contribution >= 0.6 is 0 Å². The summed E-state index contributed by atoms with van der Waals surface area (Å²) in [6.07, 6.45) is -3.57. The zero-order valence-electron chi connectivity index (χ0n) is 24.4. The largest absolute Gasteiger partial charge is 0.497 e. The Morgan fingerprint density at radius 3 is 2.40 bits per heavy atom. The van der Waals surface area contributed by atoms with Crippen LogP contribution in [0.25, 0.3) is 16.9 Å². The molecule has 3 heterocycles. The lowest BCUT2D eigenvalue weighted by Gasteiger charge is -2.43. The van der Waals surface area contributed by atoms with E-state index in [-0.39, 0.29) is 40.5 Å². The average Bonchev–Trinajstić information content (AvgIpc) is 3.39. The van der Waals surface area contributed by atoms with Gasteiger partial charge in [-0.25, -0.2) is 9.50 Å². The summed E-state index contributed by atoms with van der Waals surface area (Å²) in [6, 6.07) is 16.0. The van der Waals surface area contributed by atoms with Crippen molar-refractivity contribution < 1.29 is 27.5 Å². The normalized spacial score (nSPS) is 16.7. The first-order valence-corrected chi connectivity index (χ1v) is 13.9. The number of benzene rings is 2. The summed E-state index contributed by atoms with van der Waals surface area (Å²) in [7, 11) is 1.50. The molecule has 5 rings (SSSR count). The molecule has 9 nitrogen and oxygen atoms in total. The van der Waals surface area contributed by atoms with Crippen LogP contribution < -0.4 is 10.1 Å². The molecule has 43 heavy (non-hydrogen) atoms. The molecule has 0 saturated carbocycles. The van der Waals surface area contributed by atoms with Crippen molar-refractivity contribution in [1.29, 1.82) is 0 Å². The number of nitrogens with zero attached hydrogens (tertiary/aromatic N) is 5. The second-order valence-electron chi connectivity index (χ2n) is 10.7. The molecule has 4 aromatic rings. The minimum Gasteiger partial charge on any atom is -0.497 e. The zero-order valence-corrected chi connectivity index (χ0v) is 24.4. The van der Waals surface area contributed by atoms with Crippen LogP contribution in [-0.2, 0) is 11.0 Å². The Hall–Kier alpha value is -4.45. The Morgan fingerprint density at radius 2 is 1.79 bits per heavy atom. The number of amides is 2. The topological polar surface area (TPSA) is 92.1 Å². The number of hydrogen-bond donors (Lipinski definition) is 1. The Labute approximate surface area is 247 Å². The highest BCUT2D eigenvalue weighted by Crippen LogP contribution is 2.37. The number of nitrogens with one attached hydrogen (secondary N) is 1. The molecular weight excluding hydrogens is 561 g/mol. The number of ether oxygens (including phenoxy) is 1. The summed E-state index contributed by atoms with van der Waals surface area (Å²) in [6.45, 7) is 6.47. The molecule has 1 aliphatic rings. The third kappa shape index (κ3) is 6.05. The molecule has 2 amide bonds. The Morgan fingerprint density at radius 1 is 1.09 bits per heavy atom. The lowest BCUT2D eigenvalue weighted by Crippen LogP contribution is -2.55. The number of alkyl halides is 3. The monoisotopic (exact) mass is 594 g/mol. The molecule has 0 radical (unpaired) electrons. The lowest BCUT2D eigenvalue weighted by atomic mass is 10.0. The van der Waals surface area contributed by atoms with E-state index in [0.29, 0.717) is 37.5 Å². The fourth-order valence-electron chi connectivity index (χ4n) is 5.69. The van der Waals surface area contributed by atoms with Crippen molar-refractivity contribution in [2.75, 3.05) is 33.3 Å². The third-order valence-corrected chi connectivity index (χ3v) is 7.84. The SMILES string of the molecule is COc1ccc(-c2nc3c(C(=O)N4CCN(C(CNC(C)=O)c5ccccc5)C[C@H]4C)cnn3c(C(F)(F)F)c2C)cc1. The Bertz CT molecular complexity index is 1620. The lowest BCUT2D eigenvalue weighted by molar-refractivity contribution is -0.143. The van der Waals surface area contributed by atoms with Crippen molar-refractivity contribution in [3.8, 4) is 17.0 Å². The van der Waals surface area contributed by atoms with Crippen molar-refractivity contribution >= 4 is 17.5 Å². The number of halogens is 3. The quantitative estimate of drug-likeness (QED) is 0.332. The number of piperazine rings is 1. The number of carbonyl (C=O) groups is 2. The van der Waals surface area contributed by atoms with E-state index >= 15 is 0 Å². The van der Waals surface area contributed by atoms with Crippen molar-refractivity contribution in [2.45, 2.75) is 39.0 Å². The van der Waals surface area contributed by atoms with E-state index in [2.05, 4.69) is 20.3 Å². The van der Waals surface area contributed by atoms with Crippen molar-refractivity contribution in [1.82, 2.24) is 29.7 Å². The number of fused-ring (bicyclic) bond motifs is 1. The van der Waals surface area contributed by atoms with Crippen LogP contribution in [0.5, 0.6) is 5.75 Å². The van der Waals surface area contributed by atoms with E-state index < -0.39 is 17.8 Å². The molecular formula is C31H33F3N6O3. The molecule has 2 atom stereocenters. The number of methoxy groups -OCH3 is 1. The van der Waals surface area contributed by atoms with E-state index in [0.717, 1.165) is 10.1 Å². The van der Waals surface area contributed by atoms with Gasteiger partial charge in [-0.2, -0.15) is 18.3 Å². The molecule has 0 spiro atoms. The van der Waals surface area contributed by atoms with Crippen LogP contribution in [0.4, 0.5) is 13.2 Å². The highest BCUT2D eigenvalue weighted by atomic mass is 19.4. The second kappa shape index (κ2) is 12.0. The maximum absolute atomic E-state index is 14.4. The van der Waals surface area contributed by atoms with Gasteiger partial charge in [0.25, 0.3) is 5.91 Å². The highest BCUT2D eigenvalue weighted by Gasteiger charge is 2.40. The first kappa shape index (κ1) is 30.0. The van der Waals surface area contributed by atoms with Crippen LogP contribution in [0.15, 0.2) is 60.8 Å². The molecule has 0 bridgehead atoms. The molecule has 12 heteroatoms. The zero-order chi connectivity index (χ0) is 30.9. The smallest absolute Gasteiger partial charge is 0.433 e. The summed E-state index contributed by atoms with van der Waals surface area (Å²) >= 11 is 0. The molecule has 2 aromatic carbocycles. The molecule has 1 fully saturated rings. The summed E-state index contributed by atoms with van der Waals surface area (Å²) in [4.78, 5) is 34.0. The molecule has 2 aromatic heterocycles. The standard InChI is InChI=1S/C31H33F3N6O3/c1-19-18-38(26(17-35-21(3)41)22-8-6-5-7-9-22)14-15-39(19)30(42)25-16-36-40-28(31(32,33)34)20(2)27(37-29(25)40)23-10-12-24(43-4)13-11-23/h5-13,16,19,26H,14-15,17-18H2,1-4H3,(H,35,41)/t19-,26?/m1/s1. The highest BCUT2D eigenvalue weighted by molar-refractivity contribution is 6.00. The van der Waals surface area contributed by atoms with Gasteiger partial charge >= 0.3 is 6.18 Å². The van der Waals surface area contributed by atoms with E-state index in [1.54, 1.807) is 29.2 Å². The van der Waals surface area contributed by atoms with Crippen molar-refractivity contribution in [3.05, 3.63) is 83.2 Å². The summed E-state index contributed by atoms with van der Waals surface area (Å²) in [5.74, 6) is -0.0188. The Balaban J connectivity index is 1.47. The van der Waals surface area contributed by atoms with Crippen LogP contribution in [0.3, 0.4) is 0 Å². The third-order valence-electron chi connectivity index (χ3n) is 7.84. The molecule has 0 aliphatic carbocycles. The second-order valence-corrected chi connectivity index (χ2v) is 10.7. The van der Waals surface area contributed by atoms with Gasteiger partial charge in [0.1, 0.15) is 11.3 Å². The number of rotatable bonds is 7. The number of carbonyl (C=O) groups excluding carboxylic acids is 2. The number of hydrogen-bond acceptors (Lipinski definition) is 6. The number of aromatic nitrogens is 3. The van der Waals surface area contributed by atoms with E-state index in [1.807, 2.05) is 37.3 Å². The molecule has 1 N–H and O–H groups in total. The minimum atomic E-state index is -4.74. The molecule has 1 unspecified atom stereocenters. The van der Waals surface area contributed by atoms with Gasteiger partial charge in [-0.3, -0.25) is 14.5 Å². The van der Waals surface area contributed by atoms with Gasteiger partial charge in [0.2, 0.25) is 5.91 Å². The maximum atomic E-state index is 14.4. The van der Waals surface area contributed by atoms with Gasteiger partial charge in [-0.1, -0.05) is 30.3 Å². The molecule has 1 aliphatic heterocycles. The van der Waals surface area contributed by atoms with Gasteiger partial charge < -0.3 is 15.0 Å². The van der Waals surface area contributed by atoms with E-state index in [4.69, 9.17) is 4.74 Å². The average molecular weight is 595 g/mol. The fraction of sp³-hybridized carbons (Fsp3) is 0.355. The van der Waals surface area contributed by atoms with Crippen LogP contribution in [0.1, 0.15) is 47.1 Å². The predicted octanol–water partition coefficient (Wildman–Crippen LogP) is 4.76. The predicted molar refractivity (Wildman–Crippen MR) is 155 cm³/mol. The first-order valence-electron chi connectivity index (χ1n) is 13.9. The fourth-order valence-corrected chi connectivity index (χ4v) is 5.69. The van der Waals surface area contributed by atoms with Crippen molar-refractivity contribution in [3.63, 3.8) is 0 Å². The van der Waals surface area contributed by atoms with Gasteiger partial charge in [-0.15, -0.1) is 0 Å². The maximum Gasteiger partial charge on any atom is 0.433 e. The molecule has 1 saturated heterocycles. The van der Waals surface area contributed by atoms with Gasteiger partial charge in [0, 0.05) is 50.3 Å².